The van der Waals surface area contributed by atoms with E-state index in [9.17, 15) is 5.26 Å². The van der Waals surface area contributed by atoms with Gasteiger partial charge in [0.2, 0.25) is 17.5 Å². The number of nitriles is 1. The second-order valence-corrected chi connectivity index (χ2v) is 8.31. The highest BCUT2D eigenvalue weighted by Crippen LogP contribution is 2.31. The van der Waals surface area contributed by atoms with E-state index < -0.39 is 0 Å². The van der Waals surface area contributed by atoms with E-state index in [1.807, 2.05) is 42.5 Å². The maximum atomic E-state index is 9.65. The highest BCUT2D eigenvalue weighted by atomic mass is 16.4. The van der Waals surface area contributed by atoms with Gasteiger partial charge in [0.1, 0.15) is 6.07 Å². The zero-order chi connectivity index (χ0) is 23.2. The van der Waals surface area contributed by atoms with Crippen molar-refractivity contribution in [3.8, 4) is 6.07 Å². The Hall–Kier alpha value is -4.14. The van der Waals surface area contributed by atoms with Gasteiger partial charge in [-0.2, -0.15) is 10.2 Å². The number of anilines is 1. The van der Waals surface area contributed by atoms with Gasteiger partial charge in [0.15, 0.2) is 0 Å². The highest BCUT2D eigenvalue weighted by Gasteiger charge is 2.29. The smallest absolute Gasteiger partial charge is 0.235 e. The molecule has 3 aromatic carbocycles. The van der Waals surface area contributed by atoms with Crippen molar-refractivity contribution in [3.63, 3.8) is 0 Å². The molecule has 1 aromatic heterocycles. The van der Waals surface area contributed by atoms with Gasteiger partial charge in [-0.05, 0) is 22.8 Å². The quantitative estimate of drug-likeness (QED) is 0.384. The molecule has 4 aromatic rings. The molecular formula is C29H26N4O. The molecule has 5 rings (SSSR count). The molecule has 1 saturated heterocycles. The molecule has 0 amide bonds. The summed E-state index contributed by atoms with van der Waals surface area (Å²) >= 11 is 0. The van der Waals surface area contributed by atoms with Crippen LogP contribution in [0.5, 0.6) is 0 Å². The number of hydrogen-bond donors (Lipinski definition) is 0. The maximum absolute atomic E-state index is 9.65. The van der Waals surface area contributed by atoms with Crippen LogP contribution < -0.4 is 4.90 Å². The second kappa shape index (κ2) is 10.2. The molecule has 0 bridgehead atoms. The van der Waals surface area contributed by atoms with Gasteiger partial charge >= 0.3 is 0 Å². The molecule has 0 spiro atoms. The first-order chi connectivity index (χ1) is 16.8. The summed E-state index contributed by atoms with van der Waals surface area (Å²) in [5.74, 6) is 1.01. The van der Waals surface area contributed by atoms with Crippen LogP contribution in [-0.2, 0) is 0 Å². The van der Waals surface area contributed by atoms with E-state index in [0.717, 1.165) is 31.7 Å². The molecule has 1 aliphatic rings. The van der Waals surface area contributed by atoms with Crippen LogP contribution in [0.25, 0.3) is 12.2 Å². The summed E-state index contributed by atoms with van der Waals surface area (Å²) < 4.78 is 6.02. The van der Waals surface area contributed by atoms with E-state index in [-0.39, 0.29) is 6.04 Å². The fourth-order valence-electron chi connectivity index (χ4n) is 4.49. The van der Waals surface area contributed by atoms with Crippen LogP contribution in [0.3, 0.4) is 0 Å². The van der Waals surface area contributed by atoms with Gasteiger partial charge in [0.25, 0.3) is 0 Å². The minimum absolute atomic E-state index is 0.194. The van der Waals surface area contributed by atoms with Crippen molar-refractivity contribution in [1.82, 2.24) is 9.88 Å². The third-order valence-corrected chi connectivity index (χ3v) is 6.15. The molecule has 1 fully saturated rings. The van der Waals surface area contributed by atoms with Gasteiger partial charge < -0.3 is 9.32 Å². The SMILES string of the molecule is N#Cc1nc(/C=C/c2ccccc2)oc1N1CCN(C(c2ccccc2)c2ccccc2)CC1. The molecule has 5 heteroatoms. The Morgan fingerprint density at radius 1 is 0.765 bits per heavy atom. The molecule has 5 nitrogen and oxygen atoms in total. The summed E-state index contributed by atoms with van der Waals surface area (Å²) in [5.41, 5.74) is 3.96. The van der Waals surface area contributed by atoms with Gasteiger partial charge in [0.05, 0.1) is 6.04 Å². The summed E-state index contributed by atoms with van der Waals surface area (Å²) in [6, 6.07) is 33.7. The van der Waals surface area contributed by atoms with Crippen molar-refractivity contribution in [2.45, 2.75) is 6.04 Å². The van der Waals surface area contributed by atoms with Gasteiger partial charge in [-0.3, -0.25) is 4.90 Å². The normalized spacial score (nSPS) is 14.5. The van der Waals surface area contributed by atoms with Gasteiger partial charge in [0, 0.05) is 32.3 Å². The molecule has 0 N–H and O–H groups in total. The van der Waals surface area contributed by atoms with E-state index in [0.29, 0.717) is 17.5 Å². The Bertz CT molecular complexity index is 1230. The maximum Gasteiger partial charge on any atom is 0.235 e. The van der Waals surface area contributed by atoms with E-state index >= 15 is 0 Å². The molecule has 0 aliphatic carbocycles. The monoisotopic (exact) mass is 446 g/mol. The fraction of sp³-hybridized carbons (Fsp3) is 0.172. The van der Waals surface area contributed by atoms with Crippen LogP contribution in [-0.4, -0.2) is 36.1 Å². The Kier molecular flexibility index (Phi) is 6.51. The largest absolute Gasteiger partial charge is 0.420 e. The molecule has 2 heterocycles. The van der Waals surface area contributed by atoms with E-state index in [1.54, 1.807) is 0 Å². The van der Waals surface area contributed by atoms with Crippen molar-refractivity contribution in [3.05, 3.63) is 119 Å². The van der Waals surface area contributed by atoms with E-state index in [2.05, 4.69) is 81.5 Å². The van der Waals surface area contributed by atoms with Gasteiger partial charge in [-0.15, -0.1) is 0 Å². The first-order valence-corrected chi connectivity index (χ1v) is 11.5. The van der Waals surface area contributed by atoms with Crippen molar-refractivity contribution >= 4 is 18.0 Å². The zero-order valence-corrected chi connectivity index (χ0v) is 18.9. The highest BCUT2D eigenvalue weighted by molar-refractivity contribution is 5.67. The summed E-state index contributed by atoms with van der Waals surface area (Å²) in [7, 11) is 0. The fourth-order valence-corrected chi connectivity index (χ4v) is 4.49. The average molecular weight is 447 g/mol. The summed E-state index contributed by atoms with van der Waals surface area (Å²) in [6.45, 7) is 3.24. The first-order valence-electron chi connectivity index (χ1n) is 11.5. The van der Waals surface area contributed by atoms with Crippen LogP contribution in [0.2, 0.25) is 0 Å². The van der Waals surface area contributed by atoms with Gasteiger partial charge in [-0.1, -0.05) is 91.0 Å². The van der Waals surface area contributed by atoms with Crippen molar-refractivity contribution in [2.24, 2.45) is 0 Å². The topological polar surface area (TPSA) is 56.3 Å². The van der Waals surface area contributed by atoms with Crippen molar-refractivity contribution < 1.29 is 4.42 Å². The number of hydrogen-bond acceptors (Lipinski definition) is 5. The number of benzene rings is 3. The van der Waals surface area contributed by atoms with E-state index in [4.69, 9.17) is 4.42 Å². The molecule has 0 unspecified atom stereocenters. The Morgan fingerprint density at radius 2 is 1.32 bits per heavy atom. The van der Waals surface area contributed by atoms with Crippen molar-refractivity contribution in [2.75, 3.05) is 31.1 Å². The number of nitrogens with zero attached hydrogens (tertiary/aromatic N) is 4. The van der Waals surface area contributed by atoms with Crippen LogP contribution in [0.1, 0.15) is 34.3 Å². The molecule has 34 heavy (non-hydrogen) atoms. The summed E-state index contributed by atoms with van der Waals surface area (Å²) in [5, 5.41) is 9.65. The van der Waals surface area contributed by atoms with Crippen LogP contribution in [0, 0.1) is 11.3 Å². The second-order valence-electron chi connectivity index (χ2n) is 8.31. The van der Waals surface area contributed by atoms with Crippen LogP contribution >= 0.6 is 0 Å². The summed E-state index contributed by atoms with van der Waals surface area (Å²) in [6.07, 6.45) is 3.76. The van der Waals surface area contributed by atoms with Crippen LogP contribution in [0.4, 0.5) is 5.88 Å². The Labute approximate surface area is 200 Å². The lowest BCUT2D eigenvalue weighted by Gasteiger charge is -2.39. The van der Waals surface area contributed by atoms with Crippen LogP contribution in [0.15, 0.2) is 95.4 Å². The lowest BCUT2D eigenvalue weighted by Crippen LogP contribution is -2.48. The number of rotatable bonds is 6. The standard InChI is InChI=1S/C29H26N4O/c30-22-26-29(34-27(31-26)17-16-23-10-4-1-5-11-23)33-20-18-32(19-21-33)28(24-12-6-2-7-13-24)25-14-8-3-9-15-25/h1-17,28H,18-21H2/b17-16+. The molecular weight excluding hydrogens is 420 g/mol. The Balaban J connectivity index is 1.33. The molecule has 0 atom stereocenters. The number of piperazine rings is 1. The minimum atomic E-state index is 0.194. The predicted octanol–water partition coefficient (Wildman–Crippen LogP) is 5.63. The molecule has 0 saturated carbocycles. The molecule has 0 radical (unpaired) electrons. The molecule has 1 aliphatic heterocycles. The third kappa shape index (κ3) is 4.78. The predicted molar refractivity (Wildman–Crippen MR) is 135 cm³/mol. The zero-order valence-electron chi connectivity index (χ0n) is 18.9. The van der Waals surface area contributed by atoms with E-state index in [1.165, 1.54) is 11.1 Å². The number of oxazole rings is 1. The van der Waals surface area contributed by atoms with Gasteiger partial charge in [-0.25, -0.2) is 0 Å². The lowest BCUT2D eigenvalue weighted by molar-refractivity contribution is 0.209. The third-order valence-electron chi connectivity index (χ3n) is 6.15. The minimum Gasteiger partial charge on any atom is -0.420 e. The van der Waals surface area contributed by atoms with Crippen molar-refractivity contribution in [1.29, 1.82) is 5.26 Å². The first kappa shape index (κ1) is 21.7. The summed E-state index contributed by atoms with van der Waals surface area (Å²) in [4.78, 5) is 9.03. The molecule has 168 valence electrons. The lowest BCUT2D eigenvalue weighted by atomic mass is 9.96. The number of aromatic nitrogens is 1. The average Bonchev–Trinajstić information content (AvgIpc) is 3.33. The Morgan fingerprint density at radius 3 is 1.88 bits per heavy atom.